The maximum Gasteiger partial charge on any atom is 0.500 e. The van der Waals surface area contributed by atoms with Crippen LogP contribution in [0.4, 0.5) is 0 Å². The maximum absolute atomic E-state index is 5.23. The van der Waals surface area contributed by atoms with Gasteiger partial charge in [-0.05, 0) is 6.42 Å². The molecule has 0 radical (unpaired) electrons. The van der Waals surface area contributed by atoms with Crippen LogP contribution in [0.5, 0.6) is 0 Å². The van der Waals surface area contributed by atoms with Crippen LogP contribution >= 0.6 is 0 Å². The molecule has 0 unspecified atom stereocenters. The molecule has 0 bridgehead atoms. The van der Waals surface area contributed by atoms with Crippen LogP contribution in [0.3, 0.4) is 0 Å². The molecule has 4 nitrogen and oxygen atoms in total. The Morgan fingerprint density at radius 3 is 1.57 bits per heavy atom. The third kappa shape index (κ3) is 7.66. The van der Waals surface area contributed by atoms with Crippen LogP contribution in [0.2, 0.25) is 6.04 Å². The largest absolute Gasteiger partial charge is 0.500 e. The van der Waals surface area contributed by atoms with Gasteiger partial charge in [-0.25, -0.2) is 0 Å². The van der Waals surface area contributed by atoms with E-state index in [1.807, 2.05) is 0 Å². The summed E-state index contributed by atoms with van der Waals surface area (Å²) >= 11 is 0. The van der Waals surface area contributed by atoms with Gasteiger partial charge < -0.3 is 17.7 Å². The molecule has 0 aliphatic heterocycles. The molecule has 0 rings (SSSR count). The predicted molar refractivity (Wildman–Crippen MR) is 63.4 cm³/mol. The first-order valence-corrected chi connectivity index (χ1v) is 7.46. The molecule has 0 aliphatic rings. The Bertz CT molecular complexity index is 101. The van der Waals surface area contributed by atoms with Gasteiger partial charge in [-0.3, -0.25) is 0 Å². The Morgan fingerprint density at radius 2 is 1.36 bits per heavy atom. The molecule has 0 aromatic carbocycles. The van der Waals surface area contributed by atoms with Crippen molar-refractivity contribution >= 4 is 19.3 Å². The minimum Gasteiger partial charge on any atom is -0.431 e. The molecular formula is C8H24O4Si2. The molecule has 0 spiro atoms. The van der Waals surface area contributed by atoms with Crippen molar-refractivity contribution in [2.24, 2.45) is 0 Å². The van der Waals surface area contributed by atoms with E-state index in [0.29, 0.717) is 0 Å². The molecule has 0 aromatic rings. The van der Waals surface area contributed by atoms with Crippen LogP contribution < -0.4 is 0 Å². The fourth-order valence-electron chi connectivity index (χ4n) is 0.949. The zero-order valence-corrected chi connectivity index (χ0v) is 13.3. The maximum atomic E-state index is 5.23. The van der Waals surface area contributed by atoms with E-state index in [4.69, 9.17) is 13.3 Å². The second-order valence-corrected chi connectivity index (χ2v) is 6.71. The van der Waals surface area contributed by atoms with Crippen molar-refractivity contribution in [3.63, 3.8) is 0 Å². The molecule has 0 saturated carbocycles. The lowest BCUT2D eigenvalue weighted by molar-refractivity contribution is 0.123. The molecular weight excluding hydrogens is 216 g/mol. The second kappa shape index (κ2) is 11.3. The van der Waals surface area contributed by atoms with Gasteiger partial charge >= 0.3 is 8.80 Å². The average Bonchev–Trinajstić information content (AvgIpc) is 2.22. The summed E-state index contributed by atoms with van der Waals surface area (Å²) in [5, 5.41) is 0. The highest BCUT2D eigenvalue weighted by molar-refractivity contribution is 6.60. The van der Waals surface area contributed by atoms with Crippen molar-refractivity contribution in [3.05, 3.63) is 0 Å². The number of hydrogen-bond acceptors (Lipinski definition) is 4. The lowest BCUT2D eigenvalue weighted by atomic mass is 10.4. The van der Waals surface area contributed by atoms with Crippen molar-refractivity contribution < 1.29 is 17.7 Å². The summed E-state index contributed by atoms with van der Waals surface area (Å²) in [5.41, 5.74) is 0. The monoisotopic (exact) mass is 240 g/mol. The third-order valence-corrected chi connectivity index (χ3v) is 4.60. The van der Waals surface area contributed by atoms with E-state index in [1.165, 1.54) is 0 Å². The summed E-state index contributed by atoms with van der Waals surface area (Å²) < 4.78 is 20.1. The van der Waals surface area contributed by atoms with E-state index in [0.717, 1.165) is 29.4 Å². The zero-order valence-electron chi connectivity index (χ0n) is 10.3. The van der Waals surface area contributed by atoms with Crippen LogP contribution in [0.1, 0.15) is 19.8 Å². The zero-order chi connectivity index (χ0) is 11.4. The highest BCUT2D eigenvalue weighted by Crippen LogP contribution is 2.15. The Morgan fingerprint density at radius 1 is 1.00 bits per heavy atom. The van der Waals surface area contributed by atoms with Crippen LogP contribution in [0.25, 0.3) is 0 Å². The van der Waals surface area contributed by atoms with E-state index in [-0.39, 0.29) is 0 Å². The third-order valence-electron chi connectivity index (χ3n) is 1.77. The van der Waals surface area contributed by atoms with E-state index < -0.39 is 8.80 Å². The summed E-state index contributed by atoms with van der Waals surface area (Å²) in [6, 6.07) is 0.910. The van der Waals surface area contributed by atoms with Gasteiger partial charge in [0.15, 0.2) is 0 Å². The topological polar surface area (TPSA) is 36.9 Å². The standard InChI is InChI=1S/C7H18O3Si.CH6OSi/c1-5-6-7-11(8-2,9-3)10-4;1-2-3/h5-7H2,1-4H3;1,3H3. The summed E-state index contributed by atoms with van der Waals surface area (Å²) in [6.07, 6.45) is 2.24. The second-order valence-electron chi connectivity index (χ2n) is 2.81. The number of rotatable bonds is 6. The molecule has 88 valence electrons. The first kappa shape index (κ1) is 16.7. The highest BCUT2D eigenvalue weighted by atomic mass is 28.4. The fourth-order valence-corrected chi connectivity index (χ4v) is 2.85. The quantitative estimate of drug-likeness (QED) is 0.637. The molecule has 0 aromatic heterocycles. The van der Waals surface area contributed by atoms with Gasteiger partial charge in [0, 0.05) is 34.5 Å². The molecule has 6 heteroatoms. The van der Waals surface area contributed by atoms with Gasteiger partial charge in [0.05, 0.1) is 0 Å². The van der Waals surface area contributed by atoms with Crippen LogP contribution in [0.15, 0.2) is 0 Å². The molecule has 0 atom stereocenters. The first-order valence-electron chi connectivity index (χ1n) is 4.71. The lowest BCUT2D eigenvalue weighted by Gasteiger charge is -2.23. The molecule has 0 heterocycles. The molecule has 0 amide bonds. The van der Waals surface area contributed by atoms with Crippen LogP contribution in [0, 0.1) is 0 Å². The number of hydrogen-bond donors (Lipinski definition) is 0. The summed E-state index contributed by atoms with van der Waals surface area (Å²) in [4.78, 5) is 0. The first-order chi connectivity index (χ1) is 6.66. The van der Waals surface area contributed by atoms with Crippen LogP contribution in [-0.2, 0) is 17.7 Å². The van der Waals surface area contributed by atoms with E-state index >= 15 is 0 Å². The van der Waals surface area contributed by atoms with Crippen molar-refractivity contribution in [2.75, 3.05) is 28.4 Å². The van der Waals surface area contributed by atoms with Gasteiger partial charge in [0.2, 0.25) is 0 Å². The summed E-state index contributed by atoms with van der Waals surface area (Å²) in [5.74, 6) is 0. The van der Waals surface area contributed by atoms with Gasteiger partial charge in [-0.1, -0.05) is 13.3 Å². The smallest absolute Gasteiger partial charge is 0.431 e. The van der Waals surface area contributed by atoms with Gasteiger partial charge in [0.25, 0.3) is 0 Å². The Labute approximate surface area is 91.8 Å². The fraction of sp³-hybridized carbons (Fsp3) is 1.00. The van der Waals surface area contributed by atoms with Crippen LogP contribution in [-0.4, -0.2) is 47.7 Å². The van der Waals surface area contributed by atoms with Crippen molar-refractivity contribution in [1.29, 1.82) is 0 Å². The van der Waals surface area contributed by atoms with E-state index in [9.17, 15) is 0 Å². The molecule has 0 fully saturated rings. The normalized spacial score (nSPS) is 10.9. The molecule has 0 aliphatic carbocycles. The SMILES string of the molecule is CCCC[Si](OC)(OC)OC.CO[SiH3]. The predicted octanol–water partition coefficient (Wildman–Crippen LogP) is 0.578. The Kier molecular flexibility index (Phi) is 13.5. The van der Waals surface area contributed by atoms with Crippen molar-refractivity contribution in [2.45, 2.75) is 25.8 Å². The molecule has 0 saturated heterocycles. The average molecular weight is 240 g/mol. The summed E-state index contributed by atoms with van der Waals surface area (Å²) in [7, 11) is 5.26. The van der Waals surface area contributed by atoms with Crippen molar-refractivity contribution in [3.8, 4) is 0 Å². The number of unbranched alkanes of at least 4 members (excludes halogenated alkanes) is 1. The minimum absolute atomic E-state index is 0.869. The van der Waals surface area contributed by atoms with Crippen molar-refractivity contribution in [1.82, 2.24) is 0 Å². The lowest BCUT2D eigenvalue weighted by Crippen LogP contribution is -2.42. The van der Waals surface area contributed by atoms with E-state index in [1.54, 1.807) is 28.4 Å². The minimum atomic E-state index is -2.24. The highest BCUT2D eigenvalue weighted by Gasteiger charge is 2.36. The van der Waals surface area contributed by atoms with Gasteiger partial charge in [0.1, 0.15) is 10.5 Å². The summed E-state index contributed by atoms with van der Waals surface area (Å²) in [6.45, 7) is 2.14. The Hall–Kier alpha value is 0.274. The Balaban J connectivity index is 0. The molecule has 14 heavy (non-hydrogen) atoms. The van der Waals surface area contributed by atoms with Gasteiger partial charge in [-0.2, -0.15) is 0 Å². The molecule has 0 N–H and O–H groups in total. The van der Waals surface area contributed by atoms with Gasteiger partial charge in [-0.15, -0.1) is 0 Å². The van der Waals surface area contributed by atoms with E-state index in [2.05, 4.69) is 11.3 Å².